The molecule has 0 aromatic carbocycles. The van der Waals surface area contributed by atoms with E-state index in [1.807, 2.05) is 0 Å². The normalized spacial score (nSPS) is 52.2. The minimum Gasteiger partial charge on any atom is -0.387 e. The monoisotopic (exact) mass is 196 g/mol. The smallest absolute Gasteiger partial charge is 0.157 e. The number of alkyl halides is 1. The number of hydrogen-bond acceptors (Lipinski definition) is 5. The standard InChI is InChI=1S/C7H13FO5/c1-13-7-4(10)2(8)3(9)5(11)6(7)12/h2-7,9-12H,1H3/t2-,3-,4-,5+,6-,7-/m1/s1. The summed E-state index contributed by atoms with van der Waals surface area (Å²) in [6.07, 6.45) is -9.75. The number of halogens is 1. The van der Waals surface area contributed by atoms with Gasteiger partial charge in [0.25, 0.3) is 0 Å². The number of aliphatic hydroxyl groups excluding tert-OH is 4. The van der Waals surface area contributed by atoms with E-state index in [1.165, 1.54) is 7.11 Å². The van der Waals surface area contributed by atoms with Crippen molar-refractivity contribution in [3.05, 3.63) is 0 Å². The molecule has 0 amide bonds. The van der Waals surface area contributed by atoms with Crippen LogP contribution in [0.5, 0.6) is 0 Å². The Kier molecular flexibility index (Phi) is 3.20. The molecule has 0 spiro atoms. The van der Waals surface area contributed by atoms with Crippen molar-refractivity contribution in [2.45, 2.75) is 36.7 Å². The molecule has 0 aromatic rings. The highest BCUT2D eigenvalue weighted by Crippen LogP contribution is 2.25. The fourth-order valence-corrected chi connectivity index (χ4v) is 1.45. The Morgan fingerprint density at radius 3 is 1.92 bits per heavy atom. The zero-order valence-electron chi connectivity index (χ0n) is 7.04. The predicted octanol–water partition coefficient (Wildman–Crippen LogP) is -2.20. The van der Waals surface area contributed by atoms with Crippen LogP contribution in [0.4, 0.5) is 4.39 Å². The minimum absolute atomic E-state index is 1.17. The van der Waals surface area contributed by atoms with Gasteiger partial charge in [0.05, 0.1) is 0 Å². The van der Waals surface area contributed by atoms with Crippen LogP contribution >= 0.6 is 0 Å². The first-order valence-electron chi connectivity index (χ1n) is 3.89. The third-order valence-corrected chi connectivity index (χ3v) is 2.30. The van der Waals surface area contributed by atoms with Crippen molar-refractivity contribution in [1.29, 1.82) is 0 Å². The third kappa shape index (κ3) is 1.68. The summed E-state index contributed by atoms with van der Waals surface area (Å²) in [6.45, 7) is 0. The van der Waals surface area contributed by atoms with Crippen molar-refractivity contribution in [3.63, 3.8) is 0 Å². The van der Waals surface area contributed by atoms with Crippen LogP contribution in [-0.2, 0) is 4.74 Å². The lowest BCUT2D eigenvalue weighted by molar-refractivity contribution is -0.214. The van der Waals surface area contributed by atoms with E-state index in [2.05, 4.69) is 4.74 Å². The van der Waals surface area contributed by atoms with Gasteiger partial charge < -0.3 is 25.2 Å². The highest BCUT2D eigenvalue weighted by molar-refractivity contribution is 4.99. The minimum atomic E-state index is -2.01. The number of ether oxygens (including phenoxy) is 1. The summed E-state index contributed by atoms with van der Waals surface area (Å²) in [5.74, 6) is 0. The van der Waals surface area contributed by atoms with Crippen LogP contribution in [0.25, 0.3) is 0 Å². The summed E-state index contributed by atoms with van der Waals surface area (Å²) in [7, 11) is 1.17. The molecular formula is C7H13FO5. The van der Waals surface area contributed by atoms with Crippen LogP contribution in [0.3, 0.4) is 0 Å². The second kappa shape index (κ2) is 3.85. The van der Waals surface area contributed by atoms with Gasteiger partial charge in [-0.25, -0.2) is 4.39 Å². The SMILES string of the molecule is CO[C@H]1[C@H](O)[C@@H](O)[C@H](O)[C@@H](F)[C@H]1O. The van der Waals surface area contributed by atoms with Gasteiger partial charge in [0.2, 0.25) is 0 Å². The fraction of sp³-hybridized carbons (Fsp3) is 1.00. The van der Waals surface area contributed by atoms with E-state index in [0.717, 1.165) is 0 Å². The van der Waals surface area contributed by atoms with E-state index in [-0.39, 0.29) is 0 Å². The Morgan fingerprint density at radius 2 is 1.46 bits per heavy atom. The van der Waals surface area contributed by atoms with Gasteiger partial charge in [0.1, 0.15) is 30.5 Å². The summed E-state index contributed by atoms with van der Waals surface area (Å²) < 4.78 is 17.6. The molecule has 78 valence electrons. The van der Waals surface area contributed by atoms with Crippen LogP contribution in [0, 0.1) is 0 Å². The summed E-state index contributed by atoms with van der Waals surface area (Å²) in [5.41, 5.74) is 0. The fourth-order valence-electron chi connectivity index (χ4n) is 1.45. The highest BCUT2D eigenvalue weighted by atomic mass is 19.1. The molecule has 0 bridgehead atoms. The van der Waals surface area contributed by atoms with Crippen LogP contribution in [0.1, 0.15) is 0 Å². The van der Waals surface area contributed by atoms with E-state index in [0.29, 0.717) is 0 Å². The molecule has 5 nitrogen and oxygen atoms in total. The molecule has 1 aliphatic rings. The van der Waals surface area contributed by atoms with Crippen molar-refractivity contribution >= 4 is 0 Å². The van der Waals surface area contributed by atoms with E-state index >= 15 is 0 Å². The molecule has 0 aliphatic heterocycles. The molecule has 6 heteroatoms. The average Bonchev–Trinajstić information content (AvgIpc) is 2.13. The maximum atomic E-state index is 13.0. The molecule has 0 heterocycles. The van der Waals surface area contributed by atoms with Crippen LogP contribution in [0.2, 0.25) is 0 Å². The van der Waals surface area contributed by atoms with Crippen molar-refractivity contribution in [2.75, 3.05) is 7.11 Å². The molecule has 1 aliphatic carbocycles. The van der Waals surface area contributed by atoms with Gasteiger partial charge in [-0.05, 0) is 0 Å². The van der Waals surface area contributed by atoms with Gasteiger partial charge in [-0.3, -0.25) is 0 Å². The molecule has 1 saturated carbocycles. The zero-order valence-corrected chi connectivity index (χ0v) is 7.04. The van der Waals surface area contributed by atoms with Gasteiger partial charge in [0.15, 0.2) is 6.17 Å². The predicted molar refractivity (Wildman–Crippen MR) is 39.7 cm³/mol. The quantitative estimate of drug-likeness (QED) is 0.382. The molecule has 13 heavy (non-hydrogen) atoms. The molecule has 1 rings (SSSR count). The lowest BCUT2D eigenvalue weighted by atomic mass is 9.86. The lowest BCUT2D eigenvalue weighted by Gasteiger charge is -2.39. The average molecular weight is 196 g/mol. The van der Waals surface area contributed by atoms with E-state index in [9.17, 15) is 9.50 Å². The molecule has 0 radical (unpaired) electrons. The second-order valence-electron chi connectivity index (χ2n) is 3.11. The van der Waals surface area contributed by atoms with Gasteiger partial charge in [0, 0.05) is 7.11 Å². The third-order valence-electron chi connectivity index (χ3n) is 2.30. The Balaban J connectivity index is 2.79. The number of aliphatic hydroxyl groups is 4. The molecule has 0 saturated heterocycles. The lowest BCUT2D eigenvalue weighted by Crippen LogP contribution is -2.62. The summed E-state index contributed by atoms with van der Waals surface area (Å²) in [4.78, 5) is 0. The van der Waals surface area contributed by atoms with Crippen molar-refractivity contribution in [2.24, 2.45) is 0 Å². The molecule has 0 aromatic heterocycles. The maximum absolute atomic E-state index is 13.0. The Hall–Kier alpha value is -0.270. The van der Waals surface area contributed by atoms with Gasteiger partial charge in [-0.15, -0.1) is 0 Å². The maximum Gasteiger partial charge on any atom is 0.157 e. The summed E-state index contributed by atoms with van der Waals surface area (Å²) in [5, 5.41) is 36.5. The van der Waals surface area contributed by atoms with Crippen molar-refractivity contribution in [1.82, 2.24) is 0 Å². The topological polar surface area (TPSA) is 90.2 Å². The molecule has 4 N–H and O–H groups in total. The van der Waals surface area contributed by atoms with Gasteiger partial charge in [-0.2, -0.15) is 0 Å². The first kappa shape index (κ1) is 10.8. The first-order valence-corrected chi connectivity index (χ1v) is 3.89. The molecular weight excluding hydrogens is 183 g/mol. The number of methoxy groups -OCH3 is 1. The zero-order chi connectivity index (χ0) is 10.2. The number of rotatable bonds is 1. The first-order chi connectivity index (χ1) is 6.00. The highest BCUT2D eigenvalue weighted by Gasteiger charge is 2.49. The van der Waals surface area contributed by atoms with Crippen molar-refractivity contribution < 1.29 is 29.6 Å². The summed E-state index contributed by atoms with van der Waals surface area (Å²) in [6, 6.07) is 0. The Bertz CT molecular complexity index is 162. The van der Waals surface area contributed by atoms with E-state index in [1.54, 1.807) is 0 Å². The second-order valence-corrected chi connectivity index (χ2v) is 3.11. The Labute approximate surface area is 74.4 Å². The van der Waals surface area contributed by atoms with Crippen LogP contribution < -0.4 is 0 Å². The summed E-state index contributed by atoms with van der Waals surface area (Å²) >= 11 is 0. The van der Waals surface area contributed by atoms with Crippen LogP contribution in [-0.4, -0.2) is 64.2 Å². The molecule has 1 fully saturated rings. The molecule has 0 unspecified atom stereocenters. The molecule has 6 atom stereocenters. The number of hydrogen-bond donors (Lipinski definition) is 4. The van der Waals surface area contributed by atoms with E-state index in [4.69, 9.17) is 15.3 Å². The largest absolute Gasteiger partial charge is 0.387 e. The van der Waals surface area contributed by atoms with Gasteiger partial charge >= 0.3 is 0 Å². The van der Waals surface area contributed by atoms with Gasteiger partial charge in [-0.1, -0.05) is 0 Å². The Morgan fingerprint density at radius 1 is 0.923 bits per heavy atom. The van der Waals surface area contributed by atoms with Crippen LogP contribution in [0.15, 0.2) is 0 Å². The van der Waals surface area contributed by atoms with Crippen molar-refractivity contribution in [3.8, 4) is 0 Å². The van der Waals surface area contributed by atoms with E-state index < -0.39 is 36.7 Å².